The summed E-state index contributed by atoms with van der Waals surface area (Å²) >= 11 is 0. The Morgan fingerprint density at radius 3 is 2.50 bits per heavy atom. The second-order valence-corrected chi connectivity index (χ2v) is 6.54. The van der Waals surface area contributed by atoms with Gasteiger partial charge in [0.15, 0.2) is 9.84 Å². The molecule has 18 heavy (non-hydrogen) atoms. The van der Waals surface area contributed by atoms with E-state index in [0.29, 0.717) is 5.56 Å². The van der Waals surface area contributed by atoms with Gasteiger partial charge in [0.1, 0.15) is 6.04 Å². The molecule has 1 aromatic rings. The Morgan fingerprint density at radius 1 is 1.39 bits per heavy atom. The van der Waals surface area contributed by atoms with E-state index in [4.69, 9.17) is 10.8 Å². The van der Waals surface area contributed by atoms with Crippen LogP contribution in [0.2, 0.25) is 0 Å². The zero-order chi connectivity index (χ0) is 13.9. The number of aliphatic carboxylic acids is 1. The fourth-order valence-electron chi connectivity index (χ4n) is 1.65. The van der Waals surface area contributed by atoms with Crippen molar-refractivity contribution in [3.05, 3.63) is 34.9 Å². The molecule has 0 amide bonds. The van der Waals surface area contributed by atoms with Crippen LogP contribution in [0.15, 0.2) is 18.2 Å². The summed E-state index contributed by atoms with van der Waals surface area (Å²) in [6.07, 6.45) is 0. The fourth-order valence-corrected chi connectivity index (χ4v) is 3.25. The molecule has 5 nitrogen and oxygen atoms in total. The standard InChI is InChI=1S/C12H17NO4S/c1-8-3-4-10(9(2)5-8)6-18(16,17)7-11(13)12(14)15/h3-5,11H,6-7,13H2,1-2H3,(H,14,15). The molecule has 0 aliphatic heterocycles. The lowest BCUT2D eigenvalue weighted by atomic mass is 10.1. The molecular weight excluding hydrogens is 254 g/mol. The van der Waals surface area contributed by atoms with Crippen molar-refractivity contribution < 1.29 is 18.3 Å². The number of nitrogens with two attached hydrogens (primary N) is 1. The van der Waals surface area contributed by atoms with E-state index in [1.165, 1.54) is 0 Å². The van der Waals surface area contributed by atoms with E-state index >= 15 is 0 Å². The first-order valence-corrected chi connectivity index (χ1v) is 7.28. The molecule has 0 aromatic heterocycles. The average molecular weight is 271 g/mol. The molecule has 0 saturated heterocycles. The van der Waals surface area contributed by atoms with E-state index < -0.39 is 27.6 Å². The molecule has 3 N–H and O–H groups in total. The first-order chi connectivity index (χ1) is 8.21. The highest BCUT2D eigenvalue weighted by Gasteiger charge is 2.22. The number of sulfone groups is 1. The van der Waals surface area contributed by atoms with Crippen LogP contribution in [0.25, 0.3) is 0 Å². The van der Waals surface area contributed by atoms with Gasteiger partial charge in [-0.3, -0.25) is 4.79 Å². The molecule has 0 spiro atoms. The van der Waals surface area contributed by atoms with Crippen LogP contribution in [-0.4, -0.2) is 31.3 Å². The molecule has 100 valence electrons. The first kappa shape index (κ1) is 14.7. The van der Waals surface area contributed by atoms with Gasteiger partial charge in [0.05, 0.1) is 11.5 Å². The molecule has 1 atom stereocenters. The van der Waals surface area contributed by atoms with Crippen molar-refractivity contribution in [1.82, 2.24) is 0 Å². The molecule has 1 unspecified atom stereocenters. The van der Waals surface area contributed by atoms with Crippen LogP contribution >= 0.6 is 0 Å². The molecule has 0 bridgehead atoms. The topological polar surface area (TPSA) is 97.5 Å². The lowest BCUT2D eigenvalue weighted by Gasteiger charge is -2.10. The third-order valence-corrected chi connectivity index (χ3v) is 4.24. The van der Waals surface area contributed by atoms with Crippen LogP contribution in [0.1, 0.15) is 16.7 Å². The van der Waals surface area contributed by atoms with Crippen molar-refractivity contribution in [1.29, 1.82) is 0 Å². The highest BCUT2D eigenvalue weighted by molar-refractivity contribution is 7.90. The number of rotatable bonds is 5. The molecule has 1 aromatic carbocycles. The van der Waals surface area contributed by atoms with Gasteiger partial charge >= 0.3 is 5.97 Å². The van der Waals surface area contributed by atoms with Gasteiger partial charge in [-0.25, -0.2) is 8.42 Å². The summed E-state index contributed by atoms with van der Waals surface area (Å²) in [7, 11) is -3.52. The largest absolute Gasteiger partial charge is 0.480 e. The first-order valence-electron chi connectivity index (χ1n) is 5.46. The molecule has 6 heteroatoms. The second kappa shape index (κ2) is 5.49. The van der Waals surface area contributed by atoms with Crippen molar-refractivity contribution in [2.45, 2.75) is 25.6 Å². The van der Waals surface area contributed by atoms with Gasteiger partial charge in [0, 0.05) is 0 Å². The predicted octanol–water partition coefficient (Wildman–Crippen LogP) is 0.630. The number of carboxylic acids is 1. The molecule has 0 radical (unpaired) electrons. The Bertz CT molecular complexity index is 551. The van der Waals surface area contributed by atoms with Crippen LogP contribution in [-0.2, 0) is 20.4 Å². The van der Waals surface area contributed by atoms with Crippen LogP contribution in [0.3, 0.4) is 0 Å². The summed E-state index contributed by atoms with van der Waals surface area (Å²) < 4.78 is 23.6. The summed E-state index contributed by atoms with van der Waals surface area (Å²) in [4.78, 5) is 10.6. The van der Waals surface area contributed by atoms with Crippen molar-refractivity contribution in [2.24, 2.45) is 5.73 Å². The minimum Gasteiger partial charge on any atom is -0.480 e. The van der Waals surface area contributed by atoms with Gasteiger partial charge in [0.25, 0.3) is 0 Å². The number of benzene rings is 1. The van der Waals surface area contributed by atoms with E-state index in [9.17, 15) is 13.2 Å². The maximum absolute atomic E-state index is 11.8. The molecule has 0 aliphatic rings. The maximum atomic E-state index is 11.8. The van der Waals surface area contributed by atoms with Crippen molar-refractivity contribution in [3.8, 4) is 0 Å². The molecule has 0 heterocycles. The van der Waals surface area contributed by atoms with Gasteiger partial charge in [-0.1, -0.05) is 23.8 Å². The summed E-state index contributed by atoms with van der Waals surface area (Å²) in [6, 6.07) is 4.09. The summed E-state index contributed by atoms with van der Waals surface area (Å²) in [5.74, 6) is -2.03. The highest BCUT2D eigenvalue weighted by atomic mass is 32.2. The van der Waals surface area contributed by atoms with Crippen molar-refractivity contribution in [3.63, 3.8) is 0 Å². The lowest BCUT2D eigenvalue weighted by molar-refractivity contribution is -0.137. The Labute approximate surface area is 107 Å². The van der Waals surface area contributed by atoms with E-state index in [-0.39, 0.29) is 5.75 Å². The molecular formula is C12H17NO4S. The normalized spacial score (nSPS) is 13.3. The third-order valence-electron chi connectivity index (χ3n) is 2.62. The van der Waals surface area contributed by atoms with Gasteiger partial charge in [0.2, 0.25) is 0 Å². The van der Waals surface area contributed by atoms with E-state index in [1.54, 1.807) is 6.07 Å². The average Bonchev–Trinajstić information content (AvgIpc) is 2.21. The zero-order valence-corrected chi connectivity index (χ0v) is 11.2. The Morgan fingerprint density at radius 2 is 2.00 bits per heavy atom. The number of carbonyl (C=O) groups is 1. The van der Waals surface area contributed by atoms with Crippen molar-refractivity contribution >= 4 is 15.8 Å². The van der Waals surface area contributed by atoms with Gasteiger partial charge in [-0.15, -0.1) is 0 Å². The Kier molecular flexibility index (Phi) is 4.48. The molecule has 0 saturated carbocycles. The van der Waals surface area contributed by atoms with E-state index in [1.807, 2.05) is 26.0 Å². The Balaban J connectivity index is 2.86. The van der Waals surface area contributed by atoms with Crippen molar-refractivity contribution in [2.75, 3.05) is 5.75 Å². The minimum atomic E-state index is -3.52. The summed E-state index contributed by atoms with van der Waals surface area (Å²) in [6.45, 7) is 3.75. The van der Waals surface area contributed by atoms with Crippen LogP contribution < -0.4 is 5.73 Å². The van der Waals surface area contributed by atoms with Crippen LogP contribution in [0.5, 0.6) is 0 Å². The maximum Gasteiger partial charge on any atom is 0.321 e. The molecule has 0 fully saturated rings. The lowest BCUT2D eigenvalue weighted by Crippen LogP contribution is -2.37. The number of carboxylic acid groups (broad SMARTS) is 1. The monoisotopic (exact) mass is 271 g/mol. The minimum absolute atomic E-state index is 0.180. The summed E-state index contributed by atoms with van der Waals surface area (Å²) in [5, 5.41) is 8.61. The van der Waals surface area contributed by atoms with E-state index in [2.05, 4.69) is 0 Å². The quantitative estimate of drug-likeness (QED) is 0.818. The van der Waals surface area contributed by atoms with Gasteiger partial charge in [-0.05, 0) is 25.0 Å². The number of hydrogen-bond donors (Lipinski definition) is 2. The molecule has 0 aliphatic carbocycles. The fraction of sp³-hybridized carbons (Fsp3) is 0.417. The van der Waals surface area contributed by atoms with Gasteiger partial charge in [-0.2, -0.15) is 0 Å². The predicted molar refractivity (Wildman–Crippen MR) is 69.0 cm³/mol. The zero-order valence-electron chi connectivity index (χ0n) is 10.4. The Hall–Kier alpha value is -1.40. The third kappa shape index (κ3) is 4.12. The number of hydrogen-bond acceptors (Lipinski definition) is 4. The second-order valence-electron chi connectivity index (χ2n) is 4.43. The van der Waals surface area contributed by atoms with Crippen LogP contribution in [0, 0.1) is 13.8 Å². The number of aryl methyl sites for hydroxylation is 2. The van der Waals surface area contributed by atoms with Crippen LogP contribution in [0.4, 0.5) is 0 Å². The highest BCUT2D eigenvalue weighted by Crippen LogP contribution is 2.14. The SMILES string of the molecule is Cc1ccc(CS(=O)(=O)CC(N)C(=O)O)c(C)c1. The molecule has 1 rings (SSSR count). The van der Waals surface area contributed by atoms with Gasteiger partial charge < -0.3 is 10.8 Å². The smallest absolute Gasteiger partial charge is 0.321 e. The van der Waals surface area contributed by atoms with E-state index in [0.717, 1.165) is 11.1 Å². The summed E-state index contributed by atoms with van der Waals surface area (Å²) in [5.41, 5.74) is 7.85.